The van der Waals surface area contributed by atoms with Crippen LogP contribution in [0.4, 0.5) is 0 Å². The second-order valence-electron chi connectivity index (χ2n) is 29.2. The molecule has 94 heavy (non-hydrogen) atoms. The number of nitrogens with two attached hydrogens (primary N) is 1. The molecule has 29 atom stereocenters. The molecule has 0 spiro atoms. The third-order valence-electron chi connectivity index (χ3n) is 22.9. The van der Waals surface area contributed by atoms with Crippen molar-refractivity contribution in [3.63, 3.8) is 0 Å². The van der Waals surface area contributed by atoms with Crippen molar-refractivity contribution in [2.75, 3.05) is 0 Å². The van der Waals surface area contributed by atoms with Gasteiger partial charge in [0.05, 0.1) is 85.7 Å². The molecule has 0 aromatic heterocycles. The van der Waals surface area contributed by atoms with Crippen LogP contribution < -0.4 is 40.4 Å². The number of ether oxygens (including phenoxy) is 4. The number of carboxylic acid groups (broad SMARTS) is 2. The van der Waals surface area contributed by atoms with Crippen molar-refractivity contribution in [3.05, 3.63) is 85.1 Å². The molecular weight excluding hydrogens is 1220 g/mol. The molecule has 2 saturated heterocycles. The summed E-state index contributed by atoms with van der Waals surface area (Å²) in [6, 6.07) is -1.14. The Hall–Kier alpha value is -3.01. The second kappa shape index (κ2) is 37.4. The summed E-state index contributed by atoms with van der Waals surface area (Å²) in [5, 5.41) is 140. The molecule has 0 amide bonds. The van der Waals surface area contributed by atoms with Gasteiger partial charge in [-0.3, -0.25) is 9.59 Å². The van der Waals surface area contributed by atoms with Gasteiger partial charge >= 0.3 is 41.5 Å². The topological polar surface area (TPSA) is 380 Å². The van der Waals surface area contributed by atoms with Crippen molar-refractivity contribution in [3.8, 4) is 0 Å². The molecule has 4 saturated carbocycles. The van der Waals surface area contributed by atoms with Gasteiger partial charge < -0.3 is 95.9 Å². The Morgan fingerprint density at radius 1 is 0.660 bits per heavy atom. The summed E-state index contributed by atoms with van der Waals surface area (Å²) in [5.74, 6) is -3.46. The number of carbonyl (C=O) groups excluding carboxylic acids is 2. The molecular formula is C72H114NNaO20. The predicted molar refractivity (Wildman–Crippen MR) is 346 cm³/mol. The van der Waals surface area contributed by atoms with Gasteiger partial charge in [0, 0.05) is 31.7 Å². The van der Waals surface area contributed by atoms with Crippen LogP contribution in [0.5, 0.6) is 0 Å². The SMILES string of the molecule is C[C@@H]1[C@H](C)[C@@H](C)/C=C/C=C\C=C\C=C\C=C\C=C\C=CC(O[C@@H]2O[C@H](C)[C@@H](O)[C@H](N)[C@@H]2O)C[C@@H]2O[C@](O)(C[C@@H](O)C[C@@H](O)[C@H](O)CC[C@@H](O)C[C@@H](O)CC(=O)O[C@H]1C)C[C@H](O)[C@H]2C(=O)O.C[C@H](CCC(=O)[O-])[C@H]1CC[C@H]2[C@@H]3CC[C@@H]4C[C@H](O)CC[C@]4(C)[C@H]3C[C@H](O)[C@]12C.[Na+]. The van der Waals surface area contributed by atoms with E-state index in [0.717, 1.165) is 32.1 Å². The first kappa shape index (κ1) is 81.7. The van der Waals surface area contributed by atoms with Crippen LogP contribution in [-0.4, -0.2) is 183 Å². The number of hydrogen-bond donors (Lipinski definition) is 13. The Kier molecular flexibility index (Phi) is 32.5. The van der Waals surface area contributed by atoms with E-state index in [9.17, 15) is 80.8 Å². The molecule has 3 heterocycles. The molecule has 6 fully saturated rings. The van der Waals surface area contributed by atoms with Crippen LogP contribution in [0, 0.1) is 70.0 Å². The van der Waals surface area contributed by atoms with Crippen molar-refractivity contribution in [2.24, 2.45) is 75.7 Å². The summed E-state index contributed by atoms with van der Waals surface area (Å²) < 4.78 is 23.3. The Labute approximate surface area is 579 Å². The van der Waals surface area contributed by atoms with Gasteiger partial charge in [-0.05, 0) is 161 Å². The number of carboxylic acids is 2. The first-order chi connectivity index (χ1) is 43.8. The molecule has 7 aliphatic rings. The molecule has 2 bridgehead atoms. The molecule has 4 aliphatic carbocycles. The Morgan fingerprint density at radius 3 is 1.88 bits per heavy atom. The molecule has 528 valence electrons. The number of allylic oxidation sites excluding steroid dienone is 13. The van der Waals surface area contributed by atoms with Crippen molar-refractivity contribution in [1.29, 1.82) is 0 Å². The summed E-state index contributed by atoms with van der Waals surface area (Å²) in [5.41, 5.74) is 6.21. The zero-order valence-electron chi connectivity index (χ0n) is 57.0. The minimum Gasteiger partial charge on any atom is -0.550 e. The predicted octanol–water partition coefficient (Wildman–Crippen LogP) is 2.13. The molecule has 3 aliphatic heterocycles. The minimum absolute atomic E-state index is 0. The first-order valence-electron chi connectivity index (χ1n) is 34.4. The Balaban J connectivity index is 0.000000454. The fourth-order valence-corrected chi connectivity index (χ4v) is 16.9. The van der Waals surface area contributed by atoms with Crippen LogP contribution in [-0.2, 0) is 33.3 Å². The maximum absolute atomic E-state index is 12.7. The van der Waals surface area contributed by atoms with E-state index >= 15 is 0 Å². The number of aliphatic hydroxyl groups is 11. The van der Waals surface area contributed by atoms with E-state index in [0.29, 0.717) is 41.9 Å². The van der Waals surface area contributed by atoms with Crippen LogP contribution in [0.3, 0.4) is 0 Å². The quantitative estimate of drug-likeness (QED) is 0.128. The maximum atomic E-state index is 12.7. The van der Waals surface area contributed by atoms with E-state index in [1.165, 1.54) is 32.3 Å². The number of hydrogen-bond acceptors (Lipinski definition) is 20. The summed E-state index contributed by atoms with van der Waals surface area (Å²) in [6.45, 7) is 16.4. The van der Waals surface area contributed by atoms with Crippen molar-refractivity contribution in [1.82, 2.24) is 0 Å². The van der Waals surface area contributed by atoms with Gasteiger partial charge in [0.2, 0.25) is 0 Å². The largest absolute Gasteiger partial charge is 1.00 e. The van der Waals surface area contributed by atoms with E-state index in [1.807, 2.05) is 49.5 Å². The zero-order valence-corrected chi connectivity index (χ0v) is 59.0. The molecule has 22 heteroatoms. The molecule has 0 aromatic rings. The average Bonchev–Trinajstić information content (AvgIpc) is 1.40. The Bertz CT molecular complexity index is 2580. The summed E-state index contributed by atoms with van der Waals surface area (Å²) >= 11 is 0. The summed E-state index contributed by atoms with van der Waals surface area (Å²) in [7, 11) is 0. The zero-order chi connectivity index (χ0) is 68.7. The number of esters is 1. The van der Waals surface area contributed by atoms with Crippen LogP contribution in [0.1, 0.15) is 171 Å². The van der Waals surface area contributed by atoms with Crippen LogP contribution in [0.15, 0.2) is 85.1 Å². The normalized spacial score (nSPS) is 46.5. The van der Waals surface area contributed by atoms with Gasteiger partial charge in [-0.2, -0.15) is 0 Å². The number of cyclic esters (lactones) is 1. The summed E-state index contributed by atoms with van der Waals surface area (Å²) in [6.07, 6.45) is 14.9. The van der Waals surface area contributed by atoms with Gasteiger partial charge in [-0.25, -0.2) is 0 Å². The number of rotatable bonds is 7. The van der Waals surface area contributed by atoms with Gasteiger partial charge in [0.15, 0.2) is 12.1 Å². The number of fused-ring (bicyclic) bond motifs is 7. The van der Waals surface area contributed by atoms with Gasteiger partial charge in [-0.15, -0.1) is 0 Å². The minimum atomic E-state index is -2.31. The van der Waals surface area contributed by atoms with Crippen LogP contribution in [0.2, 0.25) is 0 Å². The number of aliphatic carboxylic acids is 2. The van der Waals surface area contributed by atoms with Crippen LogP contribution >= 0.6 is 0 Å². The number of aliphatic hydroxyl groups excluding tert-OH is 10. The Morgan fingerprint density at radius 2 is 1.27 bits per heavy atom. The monoisotopic (exact) mass is 1340 g/mol. The van der Waals surface area contributed by atoms with E-state index in [1.54, 1.807) is 37.3 Å². The van der Waals surface area contributed by atoms with Crippen molar-refractivity contribution in [2.45, 2.75) is 275 Å². The second-order valence-corrected chi connectivity index (χ2v) is 29.2. The van der Waals surface area contributed by atoms with E-state index in [-0.39, 0.29) is 109 Å². The number of carbonyl (C=O) groups is 3. The standard InChI is InChI=1S/C48H75NO16.C24H40O4.Na/c1-28-18-16-14-12-10-8-6-7-9-11-13-15-17-19-36(64-47-45(58)43(49)44(57)32(5)63-47)25-40-42(46(59)60)39(55)27-48(61,65-40)26-35(52)23-38(54)37(53)21-20-33(50)22-34(51)24-41(56)62-31(4)30(3)29(28)2;1-14(4-9-22(27)28)18-7-8-19-17-6-5-15-12-16(25)10-11-23(15,2)20(17)13-21(26)24(18,19)3;/h6-19,28-40,42-45,47,50-55,57-58,61H,20-27,49H2,1-5H3,(H,59,60);14-21,25-26H,4-13H2,1-3H3,(H,27,28);/q;;+1/p-1/b7-6+,10-8+,11-9+,14-12-,15-13+,18-16+,19-17?;;/t28-,29+,30+,31-,32+,33+,34+,35-,36?,37+,38+,39-,40-,42+,43-,44+,45-,47-,48+;14-,15-,16-,17+,18-,19+,20+,21+,23+,24-;/m01./s1. The van der Waals surface area contributed by atoms with E-state index < -0.39 is 134 Å². The first-order valence-corrected chi connectivity index (χ1v) is 34.4. The average molecular weight is 1340 g/mol. The van der Waals surface area contributed by atoms with Gasteiger partial charge in [0.1, 0.15) is 18.1 Å². The maximum Gasteiger partial charge on any atom is 1.00 e. The van der Waals surface area contributed by atoms with Crippen LogP contribution in [0.25, 0.3) is 0 Å². The smallest absolute Gasteiger partial charge is 0.550 e. The fourth-order valence-electron chi connectivity index (χ4n) is 16.9. The molecule has 7 rings (SSSR count). The molecule has 0 radical (unpaired) electrons. The molecule has 0 aromatic carbocycles. The fraction of sp³-hybridized carbons (Fsp3) is 0.764. The molecule has 1 unspecified atom stereocenters. The van der Waals surface area contributed by atoms with Gasteiger partial charge in [-0.1, -0.05) is 127 Å². The third-order valence-corrected chi connectivity index (χ3v) is 22.9. The molecule has 21 nitrogen and oxygen atoms in total. The van der Waals surface area contributed by atoms with Crippen molar-refractivity contribution < 1.29 is 129 Å². The third kappa shape index (κ3) is 22.0. The van der Waals surface area contributed by atoms with Gasteiger partial charge in [0.25, 0.3) is 0 Å². The van der Waals surface area contributed by atoms with E-state index in [2.05, 4.69) is 40.7 Å². The summed E-state index contributed by atoms with van der Waals surface area (Å²) in [4.78, 5) is 36.1. The van der Waals surface area contributed by atoms with Crippen molar-refractivity contribution >= 4 is 17.9 Å². The van der Waals surface area contributed by atoms with E-state index in [4.69, 9.17) is 24.7 Å². The molecule has 14 N–H and O–H groups in total.